The molecule has 36 heavy (non-hydrogen) atoms. The zero-order valence-corrected chi connectivity index (χ0v) is 22.5. The second-order valence-corrected chi connectivity index (χ2v) is 12.1. The number of phenolic OH excluding ortho intramolecular Hbond substituents is 1. The fourth-order valence-corrected chi connectivity index (χ4v) is 7.19. The third-order valence-corrected chi connectivity index (χ3v) is 8.80. The Kier molecular flexibility index (Phi) is 6.15. The SMILES string of the molecule is CCc1cc(CCC(C)C)c(O)c2c1C[C@]1(C)C[C@]3(C)CC(C)=C(C(C)=O)C(=O)[C@]3(O)C(O)=C1C2=O. The van der Waals surface area contributed by atoms with Gasteiger partial charge in [-0.1, -0.05) is 46.3 Å². The van der Waals surface area contributed by atoms with Crippen LogP contribution in [0.25, 0.3) is 0 Å². The molecule has 3 atom stereocenters. The van der Waals surface area contributed by atoms with Gasteiger partial charge in [0.1, 0.15) is 11.5 Å². The molecule has 194 valence electrons. The fourth-order valence-electron chi connectivity index (χ4n) is 7.19. The number of aryl methyl sites for hydroxylation is 2. The monoisotopic (exact) mass is 494 g/mol. The molecule has 0 saturated heterocycles. The summed E-state index contributed by atoms with van der Waals surface area (Å²) >= 11 is 0. The lowest BCUT2D eigenvalue weighted by Gasteiger charge is -2.56. The molecule has 4 rings (SSSR count). The summed E-state index contributed by atoms with van der Waals surface area (Å²) in [6, 6.07) is 2.00. The Morgan fingerprint density at radius 3 is 2.31 bits per heavy atom. The van der Waals surface area contributed by atoms with Crippen molar-refractivity contribution < 1.29 is 29.7 Å². The standard InChI is InChI=1S/C30H38O6/c1-8-18-11-19(10-9-15(2)3)24(32)22-20(18)13-28(6)14-29(7)12-16(4)21(17(5)31)26(34)30(29,36)27(35)23(28)25(22)33/h11,15,32,35-36H,8-10,12-14H2,1-7H3/t28-,29+,30+/m1/s1. The number of fused-ring (bicyclic) bond motifs is 3. The Bertz CT molecular complexity index is 1260. The number of Topliss-reactive ketones (excluding diaryl/α,β-unsaturated/α-hetero) is 3. The van der Waals surface area contributed by atoms with E-state index in [1.165, 1.54) is 6.92 Å². The van der Waals surface area contributed by atoms with Crippen LogP contribution < -0.4 is 0 Å². The van der Waals surface area contributed by atoms with E-state index in [4.69, 9.17) is 0 Å². The van der Waals surface area contributed by atoms with Gasteiger partial charge in [0.25, 0.3) is 0 Å². The van der Waals surface area contributed by atoms with Gasteiger partial charge in [0.15, 0.2) is 17.2 Å². The molecule has 0 heterocycles. The van der Waals surface area contributed by atoms with Crippen molar-refractivity contribution in [3.63, 3.8) is 0 Å². The molecule has 3 aliphatic rings. The number of hydrogen-bond acceptors (Lipinski definition) is 6. The van der Waals surface area contributed by atoms with Crippen LogP contribution in [0.3, 0.4) is 0 Å². The lowest BCUT2D eigenvalue weighted by molar-refractivity contribution is -0.157. The first-order chi connectivity index (χ1) is 16.6. The lowest BCUT2D eigenvalue weighted by atomic mass is 9.48. The predicted octanol–water partition coefficient (Wildman–Crippen LogP) is 5.12. The third kappa shape index (κ3) is 3.44. The summed E-state index contributed by atoms with van der Waals surface area (Å²) < 4.78 is 0. The van der Waals surface area contributed by atoms with Crippen LogP contribution in [0, 0.1) is 16.7 Å². The molecule has 3 N–H and O–H groups in total. The largest absolute Gasteiger partial charge is 0.508 e. The average molecular weight is 495 g/mol. The number of rotatable bonds is 5. The molecule has 1 aromatic rings. The molecule has 0 aliphatic heterocycles. The number of phenols is 1. The minimum atomic E-state index is -2.38. The summed E-state index contributed by atoms with van der Waals surface area (Å²) in [5, 5.41) is 34.7. The number of ketones is 3. The van der Waals surface area contributed by atoms with Gasteiger partial charge in [-0.05, 0) is 75.0 Å². The van der Waals surface area contributed by atoms with E-state index in [9.17, 15) is 29.7 Å². The summed E-state index contributed by atoms with van der Waals surface area (Å²) in [5.41, 5.74) is -1.24. The molecule has 0 spiro atoms. The van der Waals surface area contributed by atoms with E-state index < -0.39 is 39.5 Å². The summed E-state index contributed by atoms with van der Waals surface area (Å²) in [7, 11) is 0. The molecular formula is C30H38O6. The number of carbonyl (C=O) groups is 3. The van der Waals surface area contributed by atoms with Crippen molar-refractivity contribution in [2.45, 2.75) is 92.6 Å². The van der Waals surface area contributed by atoms with E-state index >= 15 is 0 Å². The molecule has 6 heteroatoms. The Hall–Kier alpha value is -2.73. The molecule has 0 saturated carbocycles. The van der Waals surface area contributed by atoms with Gasteiger partial charge in [-0.3, -0.25) is 14.4 Å². The summed E-state index contributed by atoms with van der Waals surface area (Å²) in [6.07, 6.45) is 3.08. The molecule has 0 amide bonds. The summed E-state index contributed by atoms with van der Waals surface area (Å²) in [6.45, 7) is 12.8. The molecular weight excluding hydrogens is 456 g/mol. The van der Waals surface area contributed by atoms with E-state index in [0.717, 1.165) is 17.5 Å². The third-order valence-electron chi connectivity index (χ3n) is 8.80. The first-order valence-corrected chi connectivity index (χ1v) is 13.0. The number of aliphatic hydroxyl groups is 2. The van der Waals surface area contributed by atoms with Gasteiger partial charge in [0, 0.05) is 16.4 Å². The summed E-state index contributed by atoms with van der Waals surface area (Å²) in [5.74, 6) is -2.20. The number of aliphatic hydroxyl groups excluding tert-OH is 1. The van der Waals surface area contributed by atoms with Crippen molar-refractivity contribution in [1.29, 1.82) is 0 Å². The van der Waals surface area contributed by atoms with Gasteiger partial charge in [-0.25, -0.2) is 0 Å². The number of carbonyl (C=O) groups excluding carboxylic acids is 3. The van der Waals surface area contributed by atoms with Gasteiger partial charge < -0.3 is 15.3 Å². The highest BCUT2D eigenvalue weighted by Crippen LogP contribution is 2.62. The molecule has 0 bridgehead atoms. The first kappa shape index (κ1) is 26.3. The minimum absolute atomic E-state index is 0.0239. The number of allylic oxidation sites excluding steroid dienone is 2. The van der Waals surface area contributed by atoms with Gasteiger partial charge >= 0.3 is 0 Å². The highest BCUT2D eigenvalue weighted by molar-refractivity contribution is 6.25. The Balaban J connectivity index is 1.97. The van der Waals surface area contributed by atoms with Crippen molar-refractivity contribution in [3.05, 3.63) is 50.8 Å². The second-order valence-electron chi connectivity index (χ2n) is 12.1. The van der Waals surface area contributed by atoms with Crippen LogP contribution in [0.5, 0.6) is 5.75 Å². The van der Waals surface area contributed by atoms with Crippen molar-refractivity contribution >= 4 is 17.3 Å². The molecule has 6 nitrogen and oxygen atoms in total. The molecule has 0 fully saturated rings. The minimum Gasteiger partial charge on any atom is -0.508 e. The Morgan fingerprint density at radius 2 is 1.75 bits per heavy atom. The highest BCUT2D eigenvalue weighted by atomic mass is 16.3. The molecule has 0 radical (unpaired) electrons. The van der Waals surface area contributed by atoms with Crippen LogP contribution in [-0.2, 0) is 28.9 Å². The molecule has 1 aromatic carbocycles. The van der Waals surface area contributed by atoms with E-state index in [1.54, 1.807) is 13.8 Å². The van der Waals surface area contributed by atoms with E-state index in [2.05, 4.69) is 13.8 Å². The maximum atomic E-state index is 14.1. The second kappa shape index (κ2) is 8.41. The smallest absolute Gasteiger partial charge is 0.206 e. The van der Waals surface area contributed by atoms with E-state index in [-0.39, 0.29) is 35.3 Å². The van der Waals surface area contributed by atoms with E-state index in [0.29, 0.717) is 36.3 Å². The first-order valence-electron chi connectivity index (χ1n) is 13.0. The van der Waals surface area contributed by atoms with E-state index in [1.807, 2.05) is 19.9 Å². The molecule has 0 aromatic heterocycles. The maximum absolute atomic E-state index is 14.1. The maximum Gasteiger partial charge on any atom is 0.206 e. The fraction of sp³-hybridized carbons (Fsp3) is 0.567. The van der Waals surface area contributed by atoms with Crippen LogP contribution >= 0.6 is 0 Å². The van der Waals surface area contributed by atoms with Crippen molar-refractivity contribution in [2.24, 2.45) is 16.7 Å². The van der Waals surface area contributed by atoms with Crippen LogP contribution in [0.4, 0.5) is 0 Å². The number of aromatic hydroxyl groups is 1. The zero-order chi connectivity index (χ0) is 27.0. The Morgan fingerprint density at radius 1 is 1.11 bits per heavy atom. The normalized spacial score (nSPS) is 29.9. The quantitative estimate of drug-likeness (QED) is 0.490. The van der Waals surface area contributed by atoms with Crippen LogP contribution in [0.15, 0.2) is 28.5 Å². The van der Waals surface area contributed by atoms with Gasteiger partial charge in [0.05, 0.1) is 11.1 Å². The van der Waals surface area contributed by atoms with Crippen LogP contribution in [0.1, 0.15) is 94.8 Å². The van der Waals surface area contributed by atoms with Gasteiger partial charge in [-0.15, -0.1) is 0 Å². The van der Waals surface area contributed by atoms with Crippen LogP contribution in [-0.4, -0.2) is 38.3 Å². The van der Waals surface area contributed by atoms with Crippen LogP contribution in [0.2, 0.25) is 0 Å². The zero-order valence-electron chi connectivity index (χ0n) is 22.5. The van der Waals surface area contributed by atoms with Crippen molar-refractivity contribution in [3.8, 4) is 5.75 Å². The van der Waals surface area contributed by atoms with Crippen molar-refractivity contribution in [1.82, 2.24) is 0 Å². The average Bonchev–Trinajstić information content (AvgIpc) is 2.75. The molecule has 0 unspecified atom stereocenters. The van der Waals surface area contributed by atoms with Gasteiger partial charge in [0.2, 0.25) is 5.78 Å². The number of hydrogen-bond donors (Lipinski definition) is 3. The number of benzene rings is 1. The Labute approximate surface area is 213 Å². The predicted molar refractivity (Wildman–Crippen MR) is 137 cm³/mol. The summed E-state index contributed by atoms with van der Waals surface area (Å²) in [4.78, 5) is 39.9. The van der Waals surface area contributed by atoms with Gasteiger partial charge in [-0.2, -0.15) is 0 Å². The van der Waals surface area contributed by atoms with Crippen molar-refractivity contribution in [2.75, 3.05) is 0 Å². The lowest BCUT2D eigenvalue weighted by Crippen LogP contribution is -2.63. The topological polar surface area (TPSA) is 112 Å². The molecule has 3 aliphatic carbocycles. The highest BCUT2D eigenvalue weighted by Gasteiger charge is 2.67.